The number of urea groups is 1. The van der Waals surface area contributed by atoms with Gasteiger partial charge < -0.3 is 10.4 Å². The lowest BCUT2D eigenvalue weighted by atomic mass is 10.2. The maximum Gasteiger partial charge on any atom is 0.327 e. The van der Waals surface area contributed by atoms with Crippen LogP contribution in [0.4, 0.5) is 4.79 Å². The SMILES string of the molecule is C=C(Cl)CNC(=O)N1C(C(=O)O)CSC1C(C)C. The third-order valence-electron chi connectivity index (χ3n) is 2.56. The van der Waals surface area contributed by atoms with Crippen LogP contribution < -0.4 is 5.32 Å². The van der Waals surface area contributed by atoms with Crippen molar-refractivity contribution in [2.24, 2.45) is 5.92 Å². The van der Waals surface area contributed by atoms with Gasteiger partial charge in [0.1, 0.15) is 6.04 Å². The number of carboxylic acid groups (broad SMARTS) is 1. The lowest BCUT2D eigenvalue weighted by Crippen LogP contribution is -2.51. The molecule has 1 fully saturated rings. The van der Waals surface area contributed by atoms with Gasteiger partial charge in [0.25, 0.3) is 0 Å². The van der Waals surface area contributed by atoms with E-state index in [2.05, 4.69) is 11.9 Å². The summed E-state index contributed by atoms with van der Waals surface area (Å²) in [5.74, 6) is -0.386. The van der Waals surface area contributed by atoms with Crippen LogP contribution >= 0.6 is 23.4 Å². The second-order valence-electron chi connectivity index (χ2n) is 4.41. The van der Waals surface area contributed by atoms with Gasteiger partial charge in [-0.1, -0.05) is 32.0 Å². The number of carbonyl (C=O) groups is 2. The van der Waals surface area contributed by atoms with E-state index in [9.17, 15) is 9.59 Å². The fourth-order valence-corrected chi connectivity index (χ4v) is 3.29. The molecule has 0 aromatic carbocycles. The maximum atomic E-state index is 12.0. The van der Waals surface area contributed by atoms with Crippen molar-refractivity contribution in [2.75, 3.05) is 12.3 Å². The molecule has 1 heterocycles. The Balaban J connectivity index is 2.79. The van der Waals surface area contributed by atoms with E-state index in [-0.39, 0.29) is 17.8 Å². The fourth-order valence-electron chi connectivity index (χ4n) is 1.75. The Morgan fingerprint density at radius 3 is 2.67 bits per heavy atom. The number of hydrogen-bond acceptors (Lipinski definition) is 3. The Hall–Kier alpha value is -0.880. The third-order valence-corrected chi connectivity index (χ3v) is 4.31. The van der Waals surface area contributed by atoms with Crippen LogP contribution in [0.15, 0.2) is 11.6 Å². The molecule has 7 heteroatoms. The molecule has 1 aliphatic rings. The fraction of sp³-hybridized carbons (Fsp3) is 0.636. The lowest BCUT2D eigenvalue weighted by molar-refractivity contribution is -0.141. The Labute approximate surface area is 116 Å². The first-order chi connectivity index (χ1) is 8.34. The van der Waals surface area contributed by atoms with Gasteiger partial charge in [-0.15, -0.1) is 11.8 Å². The molecular weight excluding hydrogens is 276 g/mol. The van der Waals surface area contributed by atoms with E-state index in [1.54, 1.807) is 0 Å². The van der Waals surface area contributed by atoms with E-state index < -0.39 is 18.0 Å². The molecule has 2 N–H and O–H groups in total. The number of halogens is 1. The van der Waals surface area contributed by atoms with E-state index in [4.69, 9.17) is 16.7 Å². The zero-order chi connectivity index (χ0) is 13.9. The molecule has 0 saturated carbocycles. The first kappa shape index (κ1) is 15.2. The molecule has 18 heavy (non-hydrogen) atoms. The standard InChI is InChI=1S/C11H17ClN2O3S/c1-6(2)9-14(8(5-18-9)10(15)16)11(17)13-4-7(3)12/h6,8-9H,3-5H2,1-2H3,(H,13,17)(H,15,16). The van der Waals surface area contributed by atoms with Crippen LogP contribution in [0.5, 0.6) is 0 Å². The number of hydrogen-bond donors (Lipinski definition) is 2. The molecule has 2 atom stereocenters. The number of carbonyl (C=O) groups excluding carboxylic acids is 1. The Morgan fingerprint density at radius 1 is 1.61 bits per heavy atom. The highest BCUT2D eigenvalue weighted by molar-refractivity contribution is 8.00. The van der Waals surface area contributed by atoms with Crippen molar-refractivity contribution in [3.05, 3.63) is 11.6 Å². The third kappa shape index (κ3) is 3.55. The van der Waals surface area contributed by atoms with E-state index in [1.807, 2.05) is 13.8 Å². The average Bonchev–Trinajstić information content (AvgIpc) is 2.70. The topological polar surface area (TPSA) is 69.6 Å². The Kier molecular flexibility index (Phi) is 5.34. The van der Waals surface area contributed by atoms with Crippen molar-refractivity contribution < 1.29 is 14.7 Å². The zero-order valence-electron chi connectivity index (χ0n) is 10.4. The summed E-state index contributed by atoms with van der Waals surface area (Å²) >= 11 is 7.06. The van der Waals surface area contributed by atoms with Gasteiger partial charge in [0, 0.05) is 10.8 Å². The van der Waals surface area contributed by atoms with Gasteiger partial charge >= 0.3 is 12.0 Å². The Bertz CT molecular complexity index is 362. The minimum absolute atomic E-state index is 0.130. The van der Waals surface area contributed by atoms with Gasteiger partial charge in [-0.25, -0.2) is 9.59 Å². The number of nitrogens with zero attached hydrogens (tertiary/aromatic N) is 1. The van der Waals surface area contributed by atoms with Gasteiger partial charge in [-0.05, 0) is 5.92 Å². The van der Waals surface area contributed by atoms with Crippen LogP contribution in [0, 0.1) is 5.92 Å². The highest BCUT2D eigenvalue weighted by Crippen LogP contribution is 2.33. The van der Waals surface area contributed by atoms with E-state index >= 15 is 0 Å². The van der Waals surface area contributed by atoms with E-state index in [0.29, 0.717) is 10.8 Å². The van der Waals surface area contributed by atoms with Crippen LogP contribution in [0.25, 0.3) is 0 Å². The first-order valence-corrected chi connectivity index (χ1v) is 7.01. The lowest BCUT2D eigenvalue weighted by Gasteiger charge is -2.29. The predicted octanol–water partition coefficient (Wildman–Crippen LogP) is 1.93. The normalized spacial score (nSPS) is 23.2. The van der Waals surface area contributed by atoms with Crippen LogP contribution in [0.1, 0.15) is 13.8 Å². The van der Waals surface area contributed by atoms with Crippen molar-refractivity contribution in [3.63, 3.8) is 0 Å². The van der Waals surface area contributed by atoms with Crippen LogP contribution in [0.2, 0.25) is 0 Å². The molecule has 0 aromatic heterocycles. The number of aliphatic carboxylic acids is 1. The van der Waals surface area contributed by atoms with Gasteiger partial charge in [-0.3, -0.25) is 4.90 Å². The molecule has 0 aromatic rings. The maximum absolute atomic E-state index is 12.0. The van der Waals surface area contributed by atoms with Crippen molar-refractivity contribution in [2.45, 2.75) is 25.3 Å². The number of rotatable bonds is 4. The summed E-state index contributed by atoms with van der Waals surface area (Å²) in [5.41, 5.74) is 0. The molecule has 0 radical (unpaired) electrons. The summed E-state index contributed by atoms with van der Waals surface area (Å²) in [7, 11) is 0. The minimum Gasteiger partial charge on any atom is -0.480 e. The smallest absolute Gasteiger partial charge is 0.327 e. The highest BCUT2D eigenvalue weighted by Gasteiger charge is 2.42. The summed E-state index contributed by atoms with van der Waals surface area (Å²) in [5, 5.41) is 11.9. The predicted molar refractivity (Wildman–Crippen MR) is 72.7 cm³/mol. The molecule has 1 rings (SSSR count). The van der Waals surface area contributed by atoms with Gasteiger partial charge in [0.05, 0.1) is 11.9 Å². The minimum atomic E-state index is -0.981. The van der Waals surface area contributed by atoms with E-state index in [1.165, 1.54) is 16.7 Å². The number of thioether (sulfide) groups is 1. The Morgan fingerprint density at radius 2 is 2.22 bits per heavy atom. The summed E-state index contributed by atoms with van der Waals surface area (Å²) in [6.45, 7) is 7.53. The zero-order valence-corrected chi connectivity index (χ0v) is 11.9. The summed E-state index contributed by atoms with van der Waals surface area (Å²) in [4.78, 5) is 24.5. The van der Waals surface area contributed by atoms with E-state index in [0.717, 1.165) is 0 Å². The van der Waals surface area contributed by atoms with Crippen LogP contribution in [-0.2, 0) is 4.79 Å². The second-order valence-corrected chi connectivity index (χ2v) is 6.09. The largest absolute Gasteiger partial charge is 0.480 e. The quantitative estimate of drug-likeness (QED) is 0.831. The summed E-state index contributed by atoms with van der Waals surface area (Å²) in [6, 6.07) is -1.20. The molecule has 5 nitrogen and oxygen atoms in total. The van der Waals surface area contributed by atoms with Crippen molar-refractivity contribution in [1.29, 1.82) is 0 Å². The van der Waals surface area contributed by atoms with Crippen LogP contribution in [0.3, 0.4) is 0 Å². The number of nitrogens with one attached hydrogen (secondary N) is 1. The van der Waals surface area contributed by atoms with Gasteiger partial charge in [-0.2, -0.15) is 0 Å². The van der Waals surface area contributed by atoms with Gasteiger partial charge in [0.15, 0.2) is 0 Å². The van der Waals surface area contributed by atoms with Crippen molar-refractivity contribution >= 4 is 35.4 Å². The molecule has 1 saturated heterocycles. The molecule has 2 unspecified atom stereocenters. The van der Waals surface area contributed by atoms with Crippen molar-refractivity contribution in [3.8, 4) is 0 Å². The molecule has 0 spiro atoms. The average molecular weight is 293 g/mol. The molecular formula is C11H17ClN2O3S. The highest BCUT2D eigenvalue weighted by atomic mass is 35.5. The summed E-state index contributed by atoms with van der Waals surface area (Å²) < 4.78 is 0. The second kappa shape index (κ2) is 6.33. The number of carboxylic acids is 1. The van der Waals surface area contributed by atoms with Gasteiger partial charge in [0.2, 0.25) is 0 Å². The molecule has 1 aliphatic heterocycles. The van der Waals surface area contributed by atoms with Crippen LogP contribution in [-0.4, -0.2) is 45.7 Å². The monoisotopic (exact) mass is 292 g/mol. The number of amides is 2. The molecule has 2 amide bonds. The molecule has 0 aliphatic carbocycles. The first-order valence-electron chi connectivity index (χ1n) is 5.58. The molecule has 102 valence electrons. The van der Waals surface area contributed by atoms with Crippen molar-refractivity contribution in [1.82, 2.24) is 10.2 Å². The molecule has 0 bridgehead atoms. The summed E-state index contributed by atoms with van der Waals surface area (Å²) in [6.07, 6.45) is 0.